The van der Waals surface area contributed by atoms with Gasteiger partial charge in [0.05, 0.1) is 0 Å². The molecule has 96 valence electrons. The fourth-order valence-electron chi connectivity index (χ4n) is 1.53. The summed E-state index contributed by atoms with van der Waals surface area (Å²) in [6, 6.07) is 8.64. The number of hydrogen-bond donors (Lipinski definition) is 1. The van der Waals surface area contributed by atoms with E-state index < -0.39 is 0 Å². The smallest absolute Gasteiger partial charge is 0.0187 e. The van der Waals surface area contributed by atoms with E-state index in [2.05, 4.69) is 55.5 Å². The normalized spacial score (nSPS) is 11.1. The Morgan fingerprint density at radius 3 is 2.65 bits per heavy atom. The summed E-state index contributed by atoms with van der Waals surface area (Å²) in [5, 5.41) is 3.46. The summed E-state index contributed by atoms with van der Waals surface area (Å²) in [7, 11) is 4.21. The van der Waals surface area contributed by atoms with Crippen LogP contribution in [0.3, 0.4) is 0 Å². The molecule has 1 aromatic rings. The number of nitrogens with zero attached hydrogens (tertiary/aromatic N) is 1. The average Bonchev–Trinajstić information content (AvgIpc) is 2.30. The summed E-state index contributed by atoms with van der Waals surface area (Å²) in [6.07, 6.45) is 0. The molecule has 0 bridgehead atoms. The Morgan fingerprint density at radius 2 is 1.94 bits per heavy atom. The van der Waals surface area contributed by atoms with Crippen LogP contribution in [0.15, 0.2) is 24.3 Å². The zero-order chi connectivity index (χ0) is 12.5. The molecule has 17 heavy (non-hydrogen) atoms. The molecule has 1 aromatic carbocycles. The first-order valence-corrected chi connectivity index (χ1v) is 7.33. The molecule has 0 aliphatic heterocycles. The van der Waals surface area contributed by atoms with Crippen molar-refractivity contribution in [1.29, 1.82) is 0 Å². The predicted octanol–water partition coefficient (Wildman–Crippen LogP) is 2.38. The third-order valence-corrected chi connectivity index (χ3v) is 3.69. The maximum absolute atomic E-state index is 3.46. The zero-order valence-corrected chi connectivity index (χ0v) is 12.0. The lowest BCUT2D eigenvalue weighted by atomic mass is 10.1. The van der Waals surface area contributed by atoms with Crippen LogP contribution in [-0.4, -0.2) is 44.4 Å². The van der Waals surface area contributed by atoms with Crippen molar-refractivity contribution in [2.24, 2.45) is 0 Å². The van der Waals surface area contributed by atoms with Crippen molar-refractivity contribution >= 4 is 11.8 Å². The van der Waals surface area contributed by atoms with E-state index in [1.807, 2.05) is 11.8 Å². The minimum Gasteiger partial charge on any atom is -0.315 e. The Hall–Kier alpha value is -0.510. The van der Waals surface area contributed by atoms with E-state index in [4.69, 9.17) is 0 Å². The molecule has 0 saturated carbocycles. The van der Waals surface area contributed by atoms with E-state index >= 15 is 0 Å². The Bertz CT molecular complexity index is 313. The number of rotatable bonds is 8. The number of nitrogens with one attached hydrogen (secondary N) is 1. The molecule has 1 rings (SSSR count). The number of likely N-dealkylation sites (N-methyl/N-ethyl adjacent to an activating group) is 1. The van der Waals surface area contributed by atoms with Gasteiger partial charge >= 0.3 is 0 Å². The van der Waals surface area contributed by atoms with Crippen LogP contribution in [0.25, 0.3) is 0 Å². The SMILES string of the molecule is Cc1ccccc1CSCCNCCN(C)C. The number of aryl methyl sites for hydroxylation is 1. The lowest BCUT2D eigenvalue weighted by Gasteiger charge is -2.10. The second-order valence-corrected chi connectivity index (χ2v) is 5.64. The molecule has 0 atom stereocenters. The fourth-order valence-corrected chi connectivity index (χ4v) is 2.50. The van der Waals surface area contributed by atoms with Gasteiger partial charge < -0.3 is 10.2 Å². The summed E-state index contributed by atoms with van der Waals surface area (Å²) < 4.78 is 0. The summed E-state index contributed by atoms with van der Waals surface area (Å²) >= 11 is 2.00. The van der Waals surface area contributed by atoms with Gasteiger partial charge in [0.25, 0.3) is 0 Å². The second-order valence-electron chi connectivity index (χ2n) is 4.53. The van der Waals surface area contributed by atoms with Crippen molar-refractivity contribution in [2.75, 3.05) is 39.5 Å². The third kappa shape index (κ3) is 6.71. The standard InChI is InChI=1S/C14H24N2S/c1-13-6-4-5-7-14(13)12-17-11-9-15-8-10-16(2)3/h4-7,15H,8-12H2,1-3H3. The van der Waals surface area contributed by atoms with E-state index in [1.165, 1.54) is 16.9 Å². The molecule has 0 aromatic heterocycles. The Morgan fingerprint density at radius 1 is 1.18 bits per heavy atom. The van der Waals surface area contributed by atoms with Crippen LogP contribution in [-0.2, 0) is 5.75 Å². The van der Waals surface area contributed by atoms with Gasteiger partial charge in [0.2, 0.25) is 0 Å². The van der Waals surface area contributed by atoms with Gasteiger partial charge in [0.1, 0.15) is 0 Å². The first kappa shape index (κ1) is 14.6. The summed E-state index contributed by atoms with van der Waals surface area (Å²) in [4.78, 5) is 2.20. The van der Waals surface area contributed by atoms with Gasteiger partial charge in [-0.3, -0.25) is 0 Å². The molecule has 2 nitrogen and oxygen atoms in total. The maximum atomic E-state index is 3.46. The highest BCUT2D eigenvalue weighted by Crippen LogP contribution is 2.14. The van der Waals surface area contributed by atoms with E-state index in [1.54, 1.807) is 0 Å². The third-order valence-electron chi connectivity index (χ3n) is 2.68. The highest BCUT2D eigenvalue weighted by molar-refractivity contribution is 7.98. The molecular formula is C14H24N2S. The largest absolute Gasteiger partial charge is 0.315 e. The zero-order valence-electron chi connectivity index (χ0n) is 11.2. The summed E-state index contributed by atoms with van der Waals surface area (Å²) in [6.45, 7) is 5.48. The number of thioether (sulfide) groups is 1. The van der Waals surface area contributed by atoms with Crippen LogP contribution < -0.4 is 5.32 Å². The van der Waals surface area contributed by atoms with Crippen LogP contribution in [0, 0.1) is 6.92 Å². The molecule has 0 fully saturated rings. The molecule has 3 heteroatoms. The van der Waals surface area contributed by atoms with Crippen molar-refractivity contribution in [3.05, 3.63) is 35.4 Å². The number of hydrogen-bond acceptors (Lipinski definition) is 3. The highest BCUT2D eigenvalue weighted by Gasteiger charge is 1.97. The van der Waals surface area contributed by atoms with Crippen LogP contribution in [0.5, 0.6) is 0 Å². The van der Waals surface area contributed by atoms with Crippen LogP contribution in [0.4, 0.5) is 0 Å². The molecule has 0 heterocycles. The van der Waals surface area contributed by atoms with Gasteiger partial charge in [0, 0.05) is 31.1 Å². The van der Waals surface area contributed by atoms with E-state index in [-0.39, 0.29) is 0 Å². The minimum absolute atomic E-state index is 1.08. The first-order valence-electron chi connectivity index (χ1n) is 6.18. The van der Waals surface area contributed by atoms with Crippen LogP contribution >= 0.6 is 11.8 Å². The Labute approximate surface area is 110 Å². The second kappa shape index (κ2) is 8.56. The summed E-state index contributed by atoms with van der Waals surface area (Å²) in [5.41, 5.74) is 2.87. The molecule has 0 unspecified atom stereocenters. The molecule has 0 aliphatic rings. The molecule has 0 saturated heterocycles. The van der Waals surface area contributed by atoms with Crippen LogP contribution in [0.1, 0.15) is 11.1 Å². The topological polar surface area (TPSA) is 15.3 Å². The molecule has 0 amide bonds. The predicted molar refractivity (Wildman–Crippen MR) is 78.8 cm³/mol. The lowest BCUT2D eigenvalue weighted by molar-refractivity contribution is 0.403. The van der Waals surface area contributed by atoms with Crippen molar-refractivity contribution in [1.82, 2.24) is 10.2 Å². The van der Waals surface area contributed by atoms with Gasteiger partial charge in [-0.25, -0.2) is 0 Å². The monoisotopic (exact) mass is 252 g/mol. The number of benzene rings is 1. The summed E-state index contributed by atoms with van der Waals surface area (Å²) in [5.74, 6) is 2.31. The van der Waals surface area contributed by atoms with Crippen molar-refractivity contribution < 1.29 is 0 Å². The van der Waals surface area contributed by atoms with Crippen molar-refractivity contribution in [2.45, 2.75) is 12.7 Å². The highest BCUT2D eigenvalue weighted by atomic mass is 32.2. The first-order chi connectivity index (χ1) is 8.20. The minimum atomic E-state index is 1.08. The van der Waals surface area contributed by atoms with E-state index in [0.717, 1.165) is 25.4 Å². The van der Waals surface area contributed by atoms with E-state index in [9.17, 15) is 0 Å². The molecule has 0 aliphatic carbocycles. The van der Waals surface area contributed by atoms with Gasteiger partial charge in [0.15, 0.2) is 0 Å². The quantitative estimate of drug-likeness (QED) is 0.715. The molecule has 0 spiro atoms. The van der Waals surface area contributed by atoms with Crippen molar-refractivity contribution in [3.8, 4) is 0 Å². The van der Waals surface area contributed by atoms with Gasteiger partial charge in [-0.05, 0) is 32.1 Å². The molecule has 0 radical (unpaired) electrons. The van der Waals surface area contributed by atoms with Crippen LogP contribution in [0.2, 0.25) is 0 Å². The van der Waals surface area contributed by atoms with Gasteiger partial charge in [-0.1, -0.05) is 24.3 Å². The maximum Gasteiger partial charge on any atom is 0.0187 e. The van der Waals surface area contributed by atoms with Gasteiger partial charge in [-0.15, -0.1) is 0 Å². The van der Waals surface area contributed by atoms with Gasteiger partial charge in [-0.2, -0.15) is 11.8 Å². The fraction of sp³-hybridized carbons (Fsp3) is 0.571. The average molecular weight is 252 g/mol. The molecule has 1 N–H and O–H groups in total. The van der Waals surface area contributed by atoms with Crippen molar-refractivity contribution in [3.63, 3.8) is 0 Å². The Balaban J connectivity index is 2.03. The lowest BCUT2D eigenvalue weighted by Crippen LogP contribution is -2.27. The van der Waals surface area contributed by atoms with E-state index in [0.29, 0.717) is 0 Å². The molecular weight excluding hydrogens is 228 g/mol. The Kier molecular flexibility index (Phi) is 7.33.